The summed E-state index contributed by atoms with van der Waals surface area (Å²) >= 11 is 3.71. The summed E-state index contributed by atoms with van der Waals surface area (Å²) in [6.07, 6.45) is 1.71. The zero-order valence-corrected chi connectivity index (χ0v) is 15.9. The quantitative estimate of drug-likeness (QED) is 0.822. The van der Waals surface area contributed by atoms with Crippen molar-refractivity contribution in [3.63, 3.8) is 0 Å². The molecule has 0 bridgehead atoms. The second kappa shape index (κ2) is 6.25. The van der Waals surface area contributed by atoms with E-state index >= 15 is 0 Å². The van der Waals surface area contributed by atoms with Crippen molar-refractivity contribution in [2.75, 3.05) is 27.2 Å². The number of fused-ring (bicyclic) bond motifs is 3. The van der Waals surface area contributed by atoms with Gasteiger partial charge in [0.15, 0.2) is 23.0 Å². The highest BCUT2D eigenvalue weighted by atomic mass is 79.9. The summed E-state index contributed by atoms with van der Waals surface area (Å²) in [6, 6.07) is 6.21. The minimum absolute atomic E-state index is 0.111. The van der Waals surface area contributed by atoms with Crippen LogP contribution in [0.15, 0.2) is 22.7 Å². The molecule has 0 saturated heterocycles. The number of benzene rings is 2. The van der Waals surface area contributed by atoms with Crippen molar-refractivity contribution in [2.24, 2.45) is 0 Å². The van der Waals surface area contributed by atoms with Gasteiger partial charge in [-0.1, -0.05) is 6.07 Å². The first-order valence-electron chi connectivity index (χ1n) is 8.56. The van der Waals surface area contributed by atoms with E-state index in [0.29, 0.717) is 5.75 Å². The molecule has 0 spiro atoms. The average Bonchev–Trinajstić information content (AvgIpc) is 3.32. The molecule has 0 fully saturated rings. The van der Waals surface area contributed by atoms with Crippen LogP contribution in [0.4, 0.5) is 0 Å². The molecule has 136 valence electrons. The molecule has 3 aliphatic heterocycles. The van der Waals surface area contributed by atoms with Crippen LogP contribution in [-0.4, -0.2) is 27.2 Å². The van der Waals surface area contributed by atoms with E-state index in [9.17, 15) is 0 Å². The second-order valence-corrected chi connectivity index (χ2v) is 7.25. The highest BCUT2D eigenvalue weighted by Gasteiger charge is 2.34. The van der Waals surface area contributed by atoms with Crippen LogP contribution < -0.4 is 29.0 Å². The molecule has 1 atom stereocenters. The largest absolute Gasteiger partial charge is 0.492 e. The standard InChI is InChI=1S/C19H18BrNO5/c1-22-17-15-11(16(20)18-19(17)26-9-25-18)4-5-21-12(15)6-10-2-3-13-14(7-10)24-8-23-13/h2-3,7,12,21H,4-6,8-9H2,1H3. The molecule has 0 amide bonds. The van der Waals surface area contributed by atoms with Crippen LogP contribution in [0, 0.1) is 0 Å². The fraction of sp³-hybridized carbons (Fsp3) is 0.368. The molecule has 3 aliphatic rings. The van der Waals surface area contributed by atoms with Crippen molar-refractivity contribution in [3.8, 4) is 28.7 Å². The van der Waals surface area contributed by atoms with E-state index in [0.717, 1.165) is 52.4 Å². The maximum atomic E-state index is 5.74. The van der Waals surface area contributed by atoms with Gasteiger partial charge in [0, 0.05) is 11.6 Å². The first-order valence-corrected chi connectivity index (χ1v) is 9.35. The highest BCUT2D eigenvalue weighted by molar-refractivity contribution is 9.10. The van der Waals surface area contributed by atoms with Crippen LogP contribution in [0.25, 0.3) is 0 Å². The molecule has 26 heavy (non-hydrogen) atoms. The van der Waals surface area contributed by atoms with Crippen molar-refractivity contribution in [3.05, 3.63) is 39.4 Å². The Bertz CT molecular complexity index is 885. The van der Waals surface area contributed by atoms with E-state index in [1.54, 1.807) is 7.11 Å². The van der Waals surface area contributed by atoms with E-state index in [1.807, 2.05) is 12.1 Å². The van der Waals surface area contributed by atoms with Crippen LogP contribution in [0.5, 0.6) is 28.7 Å². The number of ether oxygens (including phenoxy) is 5. The number of methoxy groups -OCH3 is 1. The van der Waals surface area contributed by atoms with Crippen molar-refractivity contribution in [2.45, 2.75) is 18.9 Å². The summed E-state index contributed by atoms with van der Waals surface area (Å²) in [7, 11) is 1.68. The summed E-state index contributed by atoms with van der Waals surface area (Å²) in [5.41, 5.74) is 3.53. The Morgan fingerprint density at radius 2 is 1.92 bits per heavy atom. The summed E-state index contributed by atoms with van der Waals surface area (Å²) in [5, 5.41) is 3.62. The predicted molar refractivity (Wildman–Crippen MR) is 97.5 cm³/mol. The number of nitrogens with one attached hydrogen (secondary N) is 1. The first kappa shape index (κ1) is 16.1. The van der Waals surface area contributed by atoms with Crippen molar-refractivity contribution >= 4 is 15.9 Å². The number of halogens is 1. The average molecular weight is 420 g/mol. The van der Waals surface area contributed by atoms with Crippen molar-refractivity contribution < 1.29 is 23.7 Å². The SMILES string of the molecule is COc1c2c(c(Br)c3c1C(Cc1ccc4c(c1)OCO4)NCC3)OCO2. The molecule has 5 rings (SSSR count). The number of hydrogen-bond donors (Lipinski definition) is 1. The third-order valence-corrected chi connectivity index (χ3v) is 5.89. The Balaban J connectivity index is 1.56. The molecule has 2 aromatic rings. The zero-order chi connectivity index (χ0) is 17.7. The topological polar surface area (TPSA) is 58.2 Å². The summed E-state index contributed by atoms with van der Waals surface area (Å²) < 4.78 is 29.0. The van der Waals surface area contributed by atoms with Crippen molar-refractivity contribution in [1.29, 1.82) is 0 Å². The molecule has 1 N–H and O–H groups in total. The van der Waals surface area contributed by atoms with Gasteiger partial charge in [0.1, 0.15) is 0 Å². The molecular weight excluding hydrogens is 402 g/mol. The Morgan fingerprint density at radius 1 is 1.12 bits per heavy atom. The van der Waals surface area contributed by atoms with E-state index in [4.69, 9.17) is 23.7 Å². The van der Waals surface area contributed by atoms with Gasteiger partial charge >= 0.3 is 0 Å². The van der Waals surface area contributed by atoms with E-state index in [1.165, 1.54) is 11.1 Å². The fourth-order valence-corrected chi connectivity index (χ4v) is 4.60. The van der Waals surface area contributed by atoms with Crippen LogP contribution in [0.2, 0.25) is 0 Å². The normalized spacial score (nSPS) is 19.4. The fourth-order valence-electron chi connectivity index (χ4n) is 3.89. The van der Waals surface area contributed by atoms with Gasteiger partial charge in [0.05, 0.1) is 11.6 Å². The third kappa shape index (κ3) is 2.41. The minimum Gasteiger partial charge on any atom is -0.492 e. The molecule has 0 aliphatic carbocycles. The van der Waals surface area contributed by atoms with Crippen molar-refractivity contribution in [1.82, 2.24) is 5.32 Å². The van der Waals surface area contributed by atoms with E-state index < -0.39 is 0 Å². The second-order valence-electron chi connectivity index (χ2n) is 6.45. The molecule has 2 aromatic carbocycles. The molecule has 0 saturated carbocycles. The van der Waals surface area contributed by atoms with Crippen LogP contribution >= 0.6 is 15.9 Å². The summed E-state index contributed by atoms with van der Waals surface area (Å²) in [5.74, 6) is 3.78. The Kier molecular flexibility index (Phi) is 3.86. The van der Waals surface area contributed by atoms with Gasteiger partial charge in [0.25, 0.3) is 0 Å². The molecule has 7 heteroatoms. The van der Waals surface area contributed by atoms with E-state index in [-0.39, 0.29) is 19.6 Å². The molecule has 6 nitrogen and oxygen atoms in total. The van der Waals surface area contributed by atoms with Gasteiger partial charge in [-0.3, -0.25) is 0 Å². The molecule has 0 aromatic heterocycles. The van der Waals surface area contributed by atoms with Gasteiger partial charge in [-0.05, 0) is 58.6 Å². The minimum atomic E-state index is 0.111. The van der Waals surface area contributed by atoms with Gasteiger partial charge in [-0.15, -0.1) is 0 Å². The first-order chi connectivity index (χ1) is 12.8. The lowest BCUT2D eigenvalue weighted by Gasteiger charge is -2.30. The molecule has 0 radical (unpaired) electrons. The van der Waals surface area contributed by atoms with Crippen LogP contribution in [0.3, 0.4) is 0 Å². The van der Waals surface area contributed by atoms with Gasteiger partial charge in [-0.25, -0.2) is 0 Å². The lowest BCUT2D eigenvalue weighted by atomic mass is 9.88. The Labute approximate surface area is 159 Å². The van der Waals surface area contributed by atoms with Gasteiger partial charge in [-0.2, -0.15) is 0 Å². The number of hydrogen-bond acceptors (Lipinski definition) is 6. The summed E-state index contributed by atoms with van der Waals surface area (Å²) in [6.45, 7) is 1.39. The smallest absolute Gasteiger partial charge is 0.231 e. The third-order valence-electron chi connectivity index (χ3n) is 5.05. The molecule has 1 unspecified atom stereocenters. The zero-order valence-electron chi connectivity index (χ0n) is 14.3. The summed E-state index contributed by atoms with van der Waals surface area (Å²) in [4.78, 5) is 0. The Hall–Kier alpha value is -2.12. The van der Waals surface area contributed by atoms with Gasteiger partial charge < -0.3 is 29.0 Å². The van der Waals surface area contributed by atoms with Crippen LogP contribution in [0.1, 0.15) is 22.7 Å². The maximum absolute atomic E-state index is 5.74. The van der Waals surface area contributed by atoms with Crippen LogP contribution in [-0.2, 0) is 12.8 Å². The molecular formula is C19H18BrNO5. The predicted octanol–water partition coefficient (Wildman–Crippen LogP) is 3.34. The molecule has 3 heterocycles. The number of rotatable bonds is 3. The monoisotopic (exact) mass is 419 g/mol. The maximum Gasteiger partial charge on any atom is 0.231 e. The lowest BCUT2D eigenvalue weighted by molar-refractivity contribution is 0.170. The van der Waals surface area contributed by atoms with E-state index in [2.05, 4.69) is 27.3 Å². The van der Waals surface area contributed by atoms with Gasteiger partial charge in [0.2, 0.25) is 19.3 Å². The Morgan fingerprint density at radius 3 is 2.81 bits per heavy atom. The highest BCUT2D eigenvalue weighted by Crippen LogP contribution is 2.53. The lowest BCUT2D eigenvalue weighted by Crippen LogP contribution is -2.32.